The van der Waals surface area contributed by atoms with E-state index < -0.39 is 5.41 Å². The molecule has 1 aliphatic rings. The maximum Gasteiger partial charge on any atom is 0.230 e. The van der Waals surface area contributed by atoms with Gasteiger partial charge < -0.3 is 9.80 Å². The first-order valence-corrected chi connectivity index (χ1v) is 10.2. The minimum Gasteiger partial charge on any atom is -0.345 e. The van der Waals surface area contributed by atoms with Crippen molar-refractivity contribution < 1.29 is 14.2 Å². The van der Waals surface area contributed by atoms with E-state index in [2.05, 4.69) is 27.1 Å². The fourth-order valence-corrected chi connectivity index (χ4v) is 4.02. The maximum atomic E-state index is 13.2. The van der Waals surface area contributed by atoms with Crippen molar-refractivity contribution in [2.75, 3.05) is 26.7 Å². The Bertz CT molecular complexity index is 836. The fraction of sp³-hybridized carbons (Fsp3) is 0.545. The van der Waals surface area contributed by atoms with Gasteiger partial charge in [0, 0.05) is 26.7 Å². The Morgan fingerprint density at radius 1 is 1.24 bits per heavy atom. The van der Waals surface area contributed by atoms with Crippen molar-refractivity contribution in [1.29, 1.82) is 0 Å². The number of likely N-dealkylation sites (tertiary alicyclic amines) is 1. The van der Waals surface area contributed by atoms with Crippen molar-refractivity contribution in [2.45, 2.75) is 46.0 Å². The molecule has 1 fully saturated rings. The standard InChI is InChI=1S/C22H30N4O3/c1-17-19(24-29-23-17)15-20(27)26-14-8-12-22(2,16-26)21(28)25(3)13-7-11-18-9-5-4-6-10-18/h4-6,9-10H,7-8,11-16H2,1-3H3/t22-/m0/s1. The molecule has 0 radical (unpaired) electrons. The predicted molar refractivity (Wildman–Crippen MR) is 109 cm³/mol. The smallest absolute Gasteiger partial charge is 0.230 e. The molecule has 2 amide bonds. The summed E-state index contributed by atoms with van der Waals surface area (Å²) < 4.78 is 4.68. The number of aryl methyl sites for hydroxylation is 2. The molecule has 0 unspecified atom stereocenters. The minimum atomic E-state index is -0.549. The zero-order valence-electron chi connectivity index (χ0n) is 17.6. The van der Waals surface area contributed by atoms with Crippen molar-refractivity contribution >= 4 is 11.8 Å². The Balaban J connectivity index is 1.54. The van der Waals surface area contributed by atoms with E-state index in [0.717, 1.165) is 25.7 Å². The molecule has 1 atom stereocenters. The number of amides is 2. The van der Waals surface area contributed by atoms with Crippen molar-refractivity contribution in [3.63, 3.8) is 0 Å². The molecule has 156 valence electrons. The Labute approximate surface area is 172 Å². The van der Waals surface area contributed by atoms with Crippen molar-refractivity contribution in [2.24, 2.45) is 5.41 Å². The number of nitrogens with zero attached hydrogens (tertiary/aromatic N) is 4. The van der Waals surface area contributed by atoms with Crippen LogP contribution in [0, 0.1) is 12.3 Å². The highest BCUT2D eigenvalue weighted by atomic mass is 16.6. The van der Waals surface area contributed by atoms with Crippen LogP contribution in [0.3, 0.4) is 0 Å². The van der Waals surface area contributed by atoms with Crippen LogP contribution in [-0.4, -0.2) is 58.6 Å². The van der Waals surface area contributed by atoms with Crippen LogP contribution in [0.2, 0.25) is 0 Å². The summed E-state index contributed by atoms with van der Waals surface area (Å²) in [5.41, 5.74) is 1.93. The van der Waals surface area contributed by atoms with Gasteiger partial charge in [0.25, 0.3) is 0 Å². The summed E-state index contributed by atoms with van der Waals surface area (Å²) in [4.78, 5) is 29.5. The van der Waals surface area contributed by atoms with Crippen molar-refractivity contribution in [3.8, 4) is 0 Å². The predicted octanol–water partition coefficient (Wildman–Crippen LogP) is 2.64. The van der Waals surface area contributed by atoms with Crippen LogP contribution in [-0.2, 0) is 22.4 Å². The molecular formula is C22H30N4O3. The number of hydrogen-bond donors (Lipinski definition) is 0. The van der Waals surface area contributed by atoms with Crippen LogP contribution in [0.4, 0.5) is 0 Å². The van der Waals surface area contributed by atoms with Crippen LogP contribution in [0.1, 0.15) is 43.1 Å². The van der Waals surface area contributed by atoms with Gasteiger partial charge in [-0.1, -0.05) is 40.6 Å². The fourth-order valence-electron chi connectivity index (χ4n) is 4.02. The first-order valence-electron chi connectivity index (χ1n) is 10.2. The van der Waals surface area contributed by atoms with E-state index in [4.69, 9.17) is 0 Å². The Kier molecular flexibility index (Phi) is 6.67. The van der Waals surface area contributed by atoms with Gasteiger partial charge in [-0.2, -0.15) is 0 Å². The van der Waals surface area contributed by atoms with E-state index in [-0.39, 0.29) is 18.2 Å². The quantitative estimate of drug-likeness (QED) is 0.716. The average molecular weight is 399 g/mol. The van der Waals surface area contributed by atoms with E-state index in [9.17, 15) is 9.59 Å². The van der Waals surface area contributed by atoms with Crippen LogP contribution < -0.4 is 0 Å². The zero-order valence-corrected chi connectivity index (χ0v) is 17.6. The monoisotopic (exact) mass is 398 g/mol. The van der Waals surface area contributed by atoms with Gasteiger partial charge in [-0.25, -0.2) is 4.63 Å². The first-order chi connectivity index (χ1) is 13.9. The van der Waals surface area contributed by atoms with Crippen LogP contribution in [0.15, 0.2) is 35.0 Å². The van der Waals surface area contributed by atoms with Gasteiger partial charge >= 0.3 is 0 Å². The number of hydrogen-bond acceptors (Lipinski definition) is 5. The van der Waals surface area contributed by atoms with Gasteiger partial charge in [0.05, 0.1) is 11.8 Å². The Hall–Kier alpha value is -2.70. The van der Waals surface area contributed by atoms with Crippen molar-refractivity contribution in [1.82, 2.24) is 20.1 Å². The van der Waals surface area contributed by atoms with Gasteiger partial charge in [-0.05, 0) is 45.1 Å². The summed E-state index contributed by atoms with van der Waals surface area (Å²) >= 11 is 0. The van der Waals surface area contributed by atoms with Gasteiger partial charge in [-0.15, -0.1) is 0 Å². The molecule has 1 aliphatic heterocycles. The molecule has 0 N–H and O–H groups in total. The lowest BCUT2D eigenvalue weighted by molar-refractivity contribution is -0.146. The van der Waals surface area contributed by atoms with Gasteiger partial charge in [0.15, 0.2) is 0 Å². The number of piperidine rings is 1. The van der Waals surface area contributed by atoms with Gasteiger partial charge in [-0.3, -0.25) is 9.59 Å². The summed E-state index contributed by atoms with van der Waals surface area (Å²) in [7, 11) is 1.86. The summed E-state index contributed by atoms with van der Waals surface area (Å²) in [6.45, 7) is 5.57. The molecule has 0 spiro atoms. The second-order valence-electron chi connectivity index (χ2n) is 8.27. The number of carbonyl (C=O) groups excluding carboxylic acids is 2. The highest BCUT2D eigenvalue weighted by Gasteiger charge is 2.40. The van der Waals surface area contributed by atoms with E-state index in [1.54, 1.807) is 11.8 Å². The lowest BCUT2D eigenvalue weighted by Gasteiger charge is -2.41. The molecule has 7 nitrogen and oxygen atoms in total. The Morgan fingerprint density at radius 3 is 2.69 bits per heavy atom. The Morgan fingerprint density at radius 2 is 2.00 bits per heavy atom. The molecular weight excluding hydrogens is 368 g/mol. The summed E-state index contributed by atoms with van der Waals surface area (Å²) in [5, 5.41) is 7.53. The first kappa shape index (κ1) is 21.0. The largest absolute Gasteiger partial charge is 0.345 e. The van der Waals surface area contributed by atoms with Crippen LogP contribution >= 0.6 is 0 Å². The summed E-state index contributed by atoms with van der Waals surface area (Å²) in [6, 6.07) is 10.3. The molecule has 0 aliphatic carbocycles. The topological polar surface area (TPSA) is 79.5 Å². The normalized spacial score (nSPS) is 19.2. The second-order valence-corrected chi connectivity index (χ2v) is 8.27. The van der Waals surface area contributed by atoms with E-state index in [1.165, 1.54) is 5.56 Å². The molecule has 2 heterocycles. The molecule has 1 aromatic carbocycles. The zero-order chi connectivity index (χ0) is 20.9. The summed E-state index contributed by atoms with van der Waals surface area (Å²) in [6.07, 6.45) is 3.64. The van der Waals surface area contributed by atoms with Gasteiger partial charge in [0.2, 0.25) is 11.8 Å². The summed E-state index contributed by atoms with van der Waals surface area (Å²) in [5.74, 6) is 0.0802. The molecule has 3 rings (SSSR count). The molecule has 2 aromatic rings. The van der Waals surface area contributed by atoms with Crippen LogP contribution in [0.25, 0.3) is 0 Å². The molecule has 0 saturated carbocycles. The maximum absolute atomic E-state index is 13.2. The molecule has 29 heavy (non-hydrogen) atoms. The lowest BCUT2D eigenvalue weighted by Crippen LogP contribution is -2.52. The molecule has 7 heteroatoms. The number of aromatic nitrogens is 2. The highest BCUT2D eigenvalue weighted by Crippen LogP contribution is 2.32. The third-order valence-corrected chi connectivity index (χ3v) is 5.78. The van der Waals surface area contributed by atoms with E-state index >= 15 is 0 Å². The number of carbonyl (C=O) groups is 2. The molecule has 1 aromatic heterocycles. The lowest BCUT2D eigenvalue weighted by atomic mass is 9.80. The second kappa shape index (κ2) is 9.20. The number of rotatable bonds is 7. The van der Waals surface area contributed by atoms with Gasteiger partial charge in [0.1, 0.15) is 11.4 Å². The van der Waals surface area contributed by atoms with Crippen molar-refractivity contribution in [3.05, 3.63) is 47.3 Å². The average Bonchev–Trinajstić information content (AvgIpc) is 3.12. The number of benzene rings is 1. The highest BCUT2D eigenvalue weighted by molar-refractivity contribution is 5.84. The minimum absolute atomic E-state index is 0.0331. The van der Waals surface area contributed by atoms with E-state index in [0.29, 0.717) is 31.0 Å². The van der Waals surface area contributed by atoms with E-state index in [1.807, 2.05) is 37.1 Å². The molecule has 0 bridgehead atoms. The third-order valence-electron chi connectivity index (χ3n) is 5.78. The molecule has 1 saturated heterocycles. The third kappa shape index (κ3) is 5.22. The SMILES string of the molecule is Cc1nonc1CC(=O)N1CCC[C@](C)(C(=O)N(C)CCCc2ccccc2)C1. The van der Waals surface area contributed by atoms with Crippen LogP contribution in [0.5, 0.6) is 0 Å².